The van der Waals surface area contributed by atoms with Crippen LogP contribution < -0.4 is 5.32 Å². The first-order valence-electron chi connectivity index (χ1n) is 8.45. The lowest BCUT2D eigenvalue weighted by Crippen LogP contribution is -2.51. The minimum atomic E-state index is 0.0458. The van der Waals surface area contributed by atoms with Gasteiger partial charge < -0.3 is 10.2 Å². The molecule has 1 aliphatic carbocycles. The Balaban J connectivity index is 1.37. The highest BCUT2D eigenvalue weighted by Crippen LogP contribution is 2.39. The number of nitrogens with one attached hydrogen (secondary N) is 1. The number of hydrogen-bond acceptors (Lipinski definition) is 3. The number of rotatable bonds is 5. The van der Waals surface area contributed by atoms with Crippen molar-refractivity contribution >= 4 is 11.8 Å². The summed E-state index contributed by atoms with van der Waals surface area (Å²) in [5, 5.41) is 2.95. The molecule has 1 heterocycles. The van der Waals surface area contributed by atoms with E-state index < -0.39 is 0 Å². The molecule has 5 nitrogen and oxygen atoms in total. The Kier molecular flexibility index (Phi) is 4.96. The van der Waals surface area contributed by atoms with Gasteiger partial charge in [-0.05, 0) is 17.9 Å². The van der Waals surface area contributed by atoms with Crippen LogP contribution in [0.2, 0.25) is 0 Å². The summed E-state index contributed by atoms with van der Waals surface area (Å²) in [5.74, 6) is 1.18. The zero-order valence-corrected chi connectivity index (χ0v) is 13.7. The van der Waals surface area contributed by atoms with Crippen molar-refractivity contribution in [3.05, 3.63) is 35.9 Å². The topological polar surface area (TPSA) is 52.7 Å². The zero-order valence-electron chi connectivity index (χ0n) is 13.7. The van der Waals surface area contributed by atoms with E-state index in [9.17, 15) is 9.59 Å². The molecule has 2 fully saturated rings. The van der Waals surface area contributed by atoms with Crippen LogP contribution in [0, 0.1) is 11.8 Å². The van der Waals surface area contributed by atoms with Crippen LogP contribution >= 0.6 is 0 Å². The third-order valence-electron chi connectivity index (χ3n) is 4.81. The maximum absolute atomic E-state index is 12.2. The number of piperazine rings is 1. The summed E-state index contributed by atoms with van der Waals surface area (Å²) in [6.07, 6.45) is 1.04. The standard InChI is InChI=1S/C18H25N3O2/c1-14-11-16(14)18(23)21-9-7-20(8-10-21)13-17(22)19-12-15-5-3-2-4-6-15/h2-6,14,16H,7-13H2,1H3,(H,19,22)/t14-,16+/m0/s1. The molecule has 1 saturated carbocycles. The highest BCUT2D eigenvalue weighted by molar-refractivity contribution is 5.82. The lowest BCUT2D eigenvalue weighted by Gasteiger charge is -2.34. The molecule has 1 aromatic rings. The van der Waals surface area contributed by atoms with E-state index in [0.717, 1.165) is 38.2 Å². The molecule has 3 rings (SSSR count). The predicted octanol–water partition coefficient (Wildman–Crippen LogP) is 1.10. The first-order chi connectivity index (χ1) is 11.1. The van der Waals surface area contributed by atoms with Gasteiger partial charge in [0.25, 0.3) is 0 Å². The van der Waals surface area contributed by atoms with Crippen LogP contribution in [-0.4, -0.2) is 54.3 Å². The number of nitrogens with zero attached hydrogens (tertiary/aromatic N) is 2. The van der Waals surface area contributed by atoms with Crippen molar-refractivity contribution in [3.8, 4) is 0 Å². The molecule has 0 spiro atoms. The molecule has 1 aliphatic heterocycles. The Morgan fingerprint density at radius 1 is 1.13 bits per heavy atom. The molecule has 1 N–H and O–H groups in total. The van der Waals surface area contributed by atoms with E-state index in [2.05, 4.69) is 17.1 Å². The molecule has 1 aromatic carbocycles. The van der Waals surface area contributed by atoms with Crippen molar-refractivity contribution in [3.63, 3.8) is 0 Å². The van der Waals surface area contributed by atoms with E-state index in [-0.39, 0.29) is 11.8 Å². The molecule has 0 bridgehead atoms. The third kappa shape index (κ3) is 4.32. The normalized spacial score (nSPS) is 24.3. The smallest absolute Gasteiger partial charge is 0.234 e. The van der Waals surface area contributed by atoms with Crippen LogP contribution in [-0.2, 0) is 16.1 Å². The largest absolute Gasteiger partial charge is 0.351 e. The first-order valence-corrected chi connectivity index (χ1v) is 8.45. The molecule has 0 unspecified atom stereocenters. The fourth-order valence-electron chi connectivity index (χ4n) is 3.08. The van der Waals surface area contributed by atoms with Gasteiger partial charge >= 0.3 is 0 Å². The summed E-state index contributed by atoms with van der Waals surface area (Å²) < 4.78 is 0. The van der Waals surface area contributed by atoms with Gasteiger partial charge in [0.05, 0.1) is 6.54 Å². The quantitative estimate of drug-likeness (QED) is 0.885. The summed E-state index contributed by atoms with van der Waals surface area (Å²) >= 11 is 0. The monoisotopic (exact) mass is 315 g/mol. The van der Waals surface area contributed by atoms with Gasteiger partial charge in [0.15, 0.2) is 0 Å². The lowest BCUT2D eigenvalue weighted by molar-refractivity contribution is -0.134. The number of amides is 2. The fraction of sp³-hybridized carbons (Fsp3) is 0.556. The van der Waals surface area contributed by atoms with Gasteiger partial charge in [-0.3, -0.25) is 14.5 Å². The Hall–Kier alpha value is -1.88. The molecule has 124 valence electrons. The molecule has 2 amide bonds. The summed E-state index contributed by atoms with van der Waals surface area (Å²) in [5.41, 5.74) is 1.11. The van der Waals surface area contributed by atoms with Crippen molar-refractivity contribution in [2.75, 3.05) is 32.7 Å². The van der Waals surface area contributed by atoms with Crippen molar-refractivity contribution in [2.24, 2.45) is 11.8 Å². The SMILES string of the molecule is C[C@H]1C[C@H]1C(=O)N1CCN(CC(=O)NCc2ccccc2)CC1. The Morgan fingerprint density at radius 3 is 2.39 bits per heavy atom. The number of carbonyl (C=O) groups excluding carboxylic acids is 2. The minimum absolute atomic E-state index is 0.0458. The number of hydrogen-bond donors (Lipinski definition) is 1. The Bertz CT molecular complexity index is 553. The highest BCUT2D eigenvalue weighted by Gasteiger charge is 2.41. The van der Waals surface area contributed by atoms with E-state index in [1.165, 1.54) is 0 Å². The van der Waals surface area contributed by atoms with Gasteiger partial charge in [0.1, 0.15) is 0 Å². The zero-order chi connectivity index (χ0) is 16.2. The van der Waals surface area contributed by atoms with E-state index in [0.29, 0.717) is 24.9 Å². The van der Waals surface area contributed by atoms with Crippen LogP contribution in [0.3, 0.4) is 0 Å². The van der Waals surface area contributed by atoms with Crippen molar-refractivity contribution in [2.45, 2.75) is 19.9 Å². The second kappa shape index (κ2) is 7.13. The number of carbonyl (C=O) groups is 2. The summed E-state index contributed by atoms with van der Waals surface area (Å²) in [6.45, 7) is 6.17. The van der Waals surface area contributed by atoms with Crippen molar-refractivity contribution < 1.29 is 9.59 Å². The maximum atomic E-state index is 12.2. The maximum Gasteiger partial charge on any atom is 0.234 e. The predicted molar refractivity (Wildman–Crippen MR) is 88.6 cm³/mol. The second-order valence-electron chi connectivity index (χ2n) is 6.68. The Labute approximate surface area is 137 Å². The van der Waals surface area contributed by atoms with Crippen LogP contribution in [0.25, 0.3) is 0 Å². The fourth-order valence-corrected chi connectivity index (χ4v) is 3.08. The molecule has 0 radical (unpaired) electrons. The average molecular weight is 315 g/mol. The van der Waals surface area contributed by atoms with Crippen LogP contribution in [0.5, 0.6) is 0 Å². The second-order valence-corrected chi connectivity index (χ2v) is 6.68. The van der Waals surface area contributed by atoms with Crippen molar-refractivity contribution in [1.82, 2.24) is 15.1 Å². The van der Waals surface area contributed by atoms with E-state index in [4.69, 9.17) is 0 Å². The van der Waals surface area contributed by atoms with E-state index in [1.807, 2.05) is 35.2 Å². The van der Waals surface area contributed by atoms with Crippen LogP contribution in [0.4, 0.5) is 0 Å². The molecule has 5 heteroatoms. The lowest BCUT2D eigenvalue weighted by atomic mass is 10.2. The number of benzene rings is 1. The minimum Gasteiger partial charge on any atom is -0.351 e. The summed E-state index contributed by atoms with van der Waals surface area (Å²) in [6, 6.07) is 9.92. The summed E-state index contributed by atoms with van der Waals surface area (Å²) in [4.78, 5) is 28.3. The first kappa shape index (κ1) is 16.0. The van der Waals surface area contributed by atoms with Gasteiger partial charge in [-0.1, -0.05) is 37.3 Å². The molecule has 0 aromatic heterocycles. The summed E-state index contributed by atoms with van der Waals surface area (Å²) in [7, 11) is 0. The van der Waals surface area contributed by atoms with Gasteiger partial charge in [-0.25, -0.2) is 0 Å². The van der Waals surface area contributed by atoms with E-state index in [1.54, 1.807) is 0 Å². The highest BCUT2D eigenvalue weighted by atomic mass is 16.2. The molecule has 23 heavy (non-hydrogen) atoms. The molecule has 1 saturated heterocycles. The van der Waals surface area contributed by atoms with Gasteiger partial charge in [-0.2, -0.15) is 0 Å². The van der Waals surface area contributed by atoms with Gasteiger partial charge in [0, 0.05) is 38.6 Å². The third-order valence-corrected chi connectivity index (χ3v) is 4.81. The van der Waals surface area contributed by atoms with E-state index >= 15 is 0 Å². The molecular formula is C18H25N3O2. The van der Waals surface area contributed by atoms with Crippen LogP contribution in [0.1, 0.15) is 18.9 Å². The van der Waals surface area contributed by atoms with Gasteiger partial charge in [-0.15, -0.1) is 0 Å². The molecule has 2 atom stereocenters. The van der Waals surface area contributed by atoms with Gasteiger partial charge in [0.2, 0.25) is 11.8 Å². The molecular weight excluding hydrogens is 290 g/mol. The molecule has 2 aliphatic rings. The Morgan fingerprint density at radius 2 is 1.78 bits per heavy atom. The van der Waals surface area contributed by atoms with Crippen LogP contribution in [0.15, 0.2) is 30.3 Å². The average Bonchev–Trinajstić information content (AvgIpc) is 3.31. The van der Waals surface area contributed by atoms with Crippen molar-refractivity contribution in [1.29, 1.82) is 0 Å².